The minimum absolute atomic E-state index is 0.179. The Bertz CT molecular complexity index is 448. The third kappa shape index (κ3) is 3.09. The maximum atomic E-state index is 11.3. The fourth-order valence-electron chi connectivity index (χ4n) is 0.920. The molecule has 0 unspecified atom stereocenters. The second kappa shape index (κ2) is 5.50. The van der Waals surface area contributed by atoms with Gasteiger partial charge in [-0.3, -0.25) is 4.79 Å². The highest BCUT2D eigenvalue weighted by molar-refractivity contribution is 5.97. The monoisotopic (exact) mass is 220 g/mol. The van der Waals surface area contributed by atoms with Crippen LogP contribution in [0.5, 0.6) is 0 Å². The lowest BCUT2D eigenvalue weighted by Gasteiger charge is -2.01. The molecule has 7 nitrogen and oxygen atoms in total. The van der Waals surface area contributed by atoms with Gasteiger partial charge in [0.1, 0.15) is 0 Å². The van der Waals surface area contributed by atoms with Crippen molar-refractivity contribution < 1.29 is 14.3 Å². The van der Waals surface area contributed by atoms with Crippen LogP contribution in [0.25, 0.3) is 10.4 Å². The number of azide groups is 1. The molecule has 1 aromatic carbocycles. The van der Waals surface area contributed by atoms with Gasteiger partial charge >= 0.3 is 11.9 Å². The quantitative estimate of drug-likeness (QED) is 0.271. The molecule has 0 spiro atoms. The number of carbonyl (C=O) groups is 2. The molecule has 7 heteroatoms. The summed E-state index contributed by atoms with van der Waals surface area (Å²) in [5, 5.41) is 3.33. The molecule has 0 saturated heterocycles. The van der Waals surface area contributed by atoms with Crippen molar-refractivity contribution in [2.75, 3.05) is 6.54 Å². The number of esters is 2. The Hall–Kier alpha value is -2.37. The number of nitrogens with two attached hydrogens (primary N) is 1. The van der Waals surface area contributed by atoms with Crippen molar-refractivity contribution in [3.05, 3.63) is 40.3 Å². The summed E-state index contributed by atoms with van der Waals surface area (Å²) < 4.78 is 4.38. The summed E-state index contributed by atoms with van der Waals surface area (Å²) in [5.41, 5.74) is 13.7. The topological polar surface area (TPSA) is 118 Å². The minimum Gasteiger partial charge on any atom is -0.388 e. The molecular formula is C9H8N4O3. The Morgan fingerprint density at radius 1 is 1.38 bits per heavy atom. The van der Waals surface area contributed by atoms with Crippen molar-refractivity contribution >= 4 is 17.6 Å². The van der Waals surface area contributed by atoms with Crippen molar-refractivity contribution in [1.82, 2.24) is 0 Å². The Morgan fingerprint density at radius 2 is 2.00 bits per heavy atom. The molecule has 2 N–H and O–H groups in total. The van der Waals surface area contributed by atoms with Gasteiger partial charge in [0.15, 0.2) is 0 Å². The Labute approximate surface area is 90.4 Å². The zero-order valence-electron chi connectivity index (χ0n) is 8.16. The predicted molar refractivity (Wildman–Crippen MR) is 54.7 cm³/mol. The number of benzene rings is 1. The zero-order chi connectivity index (χ0) is 12.0. The molecular weight excluding hydrogens is 212 g/mol. The Morgan fingerprint density at radius 3 is 2.50 bits per heavy atom. The lowest BCUT2D eigenvalue weighted by atomic mass is 10.2. The molecule has 0 heterocycles. The van der Waals surface area contributed by atoms with E-state index in [-0.39, 0.29) is 12.1 Å². The molecule has 82 valence electrons. The third-order valence-electron chi connectivity index (χ3n) is 1.64. The highest BCUT2D eigenvalue weighted by atomic mass is 16.6. The maximum Gasteiger partial charge on any atom is 0.345 e. The molecule has 16 heavy (non-hydrogen) atoms. The van der Waals surface area contributed by atoms with Crippen LogP contribution in [0.2, 0.25) is 0 Å². The summed E-state index contributed by atoms with van der Waals surface area (Å²) in [7, 11) is 0. The van der Waals surface area contributed by atoms with Gasteiger partial charge in [-0.2, -0.15) is 0 Å². The standard InChI is InChI=1S/C9H8N4O3/c10-5-8(14)16-9(15)6-1-3-7(4-2-6)12-13-11/h1-4H,5,10H2. The van der Waals surface area contributed by atoms with Gasteiger partial charge in [0.05, 0.1) is 12.1 Å². The number of nitrogens with zero attached hydrogens (tertiary/aromatic N) is 3. The van der Waals surface area contributed by atoms with Crippen LogP contribution >= 0.6 is 0 Å². The lowest BCUT2D eigenvalue weighted by molar-refractivity contribution is -0.136. The SMILES string of the molecule is [N-]=[N+]=Nc1ccc(C(=O)OC(=O)CN)cc1. The third-order valence-corrected chi connectivity index (χ3v) is 1.64. The van der Waals surface area contributed by atoms with E-state index < -0.39 is 11.9 Å². The lowest BCUT2D eigenvalue weighted by Crippen LogP contribution is -2.20. The van der Waals surface area contributed by atoms with E-state index in [0.29, 0.717) is 5.69 Å². The fraction of sp³-hybridized carbons (Fsp3) is 0.111. The first kappa shape index (κ1) is 11.7. The molecule has 0 bridgehead atoms. The van der Waals surface area contributed by atoms with E-state index in [1.165, 1.54) is 24.3 Å². The zero-order valence-corrected chi connectivity index (χ0v) is 8.16. The van der Waals surface area contributed by atoms with Gasteiger partial charge in [0.25, 0.3) is 0 Å². The van der Waals surface area contributed by atoms with Crippen molar-refractivity contribution in [2.45, 2.75) is 0 Å². The van der Waals surface area contributed by atoms with E-state index in [0.717, 1.165) is 0 Å². The number of carbonyl (C=O) groups excluding carboxylic acids is 2. The molecule has 0 atom stereocenters. The average molecular weight is 220 g/mol. The van der Waals surface area contributed by atoms with Crippen LogP contribution in [0, 0.1) is 0 Å². The average Bonchev–Trinajstić information content (AvgIpc) is 2.30. The van der Waals surface area contributed by atoms with Crippen molar-refractivity contribution in [3.63, 3.8) is 0 Å². The minimum atomic E-state index is -0.802. The normalized spacial score (nSPS) is 9.06. The van der Waals surface area contributed by atoms with E-state index in [1.54, 1.807) is 0 Å². The highest BCUT2D eigenvalue weighted by Gasteiger charge is 2.10. The van der Waals surface area contributed by atoms with Crippen molar-refractivity contribution in [3.8, 4) is 0 Å². The van der Waals surface area contributed by atoms with E-state index in [1.807, 2.05) is 0 Å². The van der Waals surface area contributed by atoms with Gasteiger partial charge in [0, 0.05) is 10.6 Å². The number of ether oxygens (including phenoxy) is 1. The molecule has 0 aliphatic rings. The number of rotatable bonds is 3. The van der Waals surface area contributed by atoms with Crippen LogP contribution in [-0.4, -0.2) is 18.5 Å². The van der Waals surface area contributed by atoms with Crippen LogP contribution < -0.4 is 5.73 Å². The van der Waals surface area contributed by atoms with E-state index in [4.69, 9.17) is 11.3 Å². The second-order valence-electron chi connectivity index (χ2n) is 2.70. The summed E-state index contributed by atoms with van der Waals surface area (Å²) in [6.45, 7) is -0.359. The molecule has 0 radical (unpaired) electrons. The molecule has 0 aliphatic carbocycles. The summed E-state index contributed by atoms with van der Waals surface area (Å²) in [5.74, 6) is -1.59. The first-order chi connectivity index (χ1) is 7.67. The second-order valence-corrected chi connectivity index (χ2v) is 2.70. The molecule has 1 aromatic rings. The smallest absolute Gasteiger partial charge is 0.345 e. The summed E-state index contributed by atoms with van der Waals surface area (Å²) in [6.07, 6.45) is 0. The van der Waals surface area contributed by atoms with Crippen molar-refractivity contribution in [2.24, 2.45) is 10.8 Å². The van der Waals surface area contributed by atoms with Gasteiger partial charge in [-0.1, -0.05) is 17.2 Å². The molecule has 0 fully saturated rings. The van der Waals surface area contributed by atoms with Gasteiger partial charge in [-0.05, 0) is 17.7 Å². The van der Waals surface area contributed by atoms with Crippen LogP contribution in [0.15, 0.2) is 29.4 Å². The number of hydrogen-bond acceptors (Lipinski definition) is 5. The van der Waals surface area contributed by atoms with E-state index in [2.05, 4.69) is 14.8 Å². The van der Waals surface area contributed by atoms with Crippen LogP contribution in [-0.2, 0) is 9.53 Å². The number of hydrogen-bond donors (Lipinski definition) is 1. The first-order valence-corrected chi connectivity index (χ1v) is 4.27. The molecule has 0 aromatic heterocycles. The highest BCUT2D eigenvalue weighted by Crippen LogP contribution is 2.13. The van der Waals surface area contributed by atoms with Crippen LogP contribution in [0.3, 0.4) is 0 Å². The molecule has 1 rings (SSSR count). The van der Waals surface area contributed by atoms with Gasteiger partial charge in [0.2, 0.25) is 0 Å². The van der Waals surface area contributed by atoms with Gasteiger partial charge < -0.3 is 10.5 Å². The van der Waals surface area contributed by atoms with E-state index in [9.17, 15) is 9.59 Å². The predicted octanol–water partition coefficient (Wildman–Crippen LogP) is 1.27. The summed E-state index contributed by atoms with van der Waals surface area (Å²) in [6, 6.07) is 5.64. The van der Waals surface area contributed by atoms with E-state index >= 15 is 0 Å². The first-order valence-electron chi connectivity index (χ1n) is 4.27. The Kier molecular flexibility index (Phi) is 4.02. The summed E-state index contributed by atoms with van der Waals surface area (Å²) >= 11 is 0. The molecule has 0 saturated carbocycles. The van der Waals surface area contributed by atoms with Crippen LogP contribution in [0.1, 0.15) is 10.4 Å². The molecule has 0 amide bonds. The fourth-order valence-corrected chi connectivity index (χ4v) is 0.920. The Balaban J connectivity index is 2.77. The largest absolute Gasteiger partial charge is 0.388 e. The maximum absolute atomic E-state index is 11.3. The summed E-state index contributed by atoms with van der Waals surface area (Å²) in [4.78, 5) is 24.6. The van der Waals surface area contributed by atoms with Crippen molar-refractivity contribution in [1.29, 1.82) is 0 Å². The molecule has 0 aliphatic heterocycles. The van der Waals surface area contributed by atoms with Gasteiger partial charge in [-0.15, -0.1) is 0 Å². The van der Waals surface area contributed by atoms with Gasteiger partial charge in [-0.25, -0.2) is 4.79 Å². The van der Waals surface area contributed by atoms with Crippen LogP contribution in [0.4, 0.5) is 5.69 Å².